The molecule has 2 amide bonds. The van der Waals surface area contributed by atoms with E-state index in [-0.39, 0.29) is 32.0 Å². The number of carbonyl (C=O) groups is 2. The molecule has 0 aliphatic carbocycles. The molecule has 40 heavy (non-hydrogen) atoms. The maximum Gasteiger partial charge on any atom is 0.240 e. The number of nitrogens with two attached hydrogens (primary N) is 1. The van der Waals surface area contributed by atoms with E-state index in [9.17, 15) is 14.7 Å². The molecule has 2 aromatic carbocycles. The zero-order chi connectivity index (χ0) is 28.5. The fourth-order valence-corrected chi connectivity index (χ4v) is 4.48. The molecule has 2 heterocycles. The van der Waals surface area contributed by atoms with E-state index in [0.717, 1.165) is 11.1 Å². The highest BCUT2D eigenvalue weighted by atomic mass is 35.5. The van der Waals surface area contributed by atoms with Crippen LogP contribution in [0.1, 0.15) is 24.0 Å². The van der Waals surface area contributed by atoms with Gasteiger partial charge < -0.3 is 20.9 Å². The third kappa shape index (κ3) is 7.38. The first-order chi connectivity index (χ1) is 19.4. The summed E-state index contributed by atoms with van der Waals surface area (Å²) in [5, 5.41) is 18.0. The number of aliphatic hydroxyl groups is 1. The van der Waals surface area contributed by atoms with Crippen LogP contribution >= 0.6 is 23.2 Å². The van der Waals surface area contributed by atoms with Crippen LogP contribution in [0.5, 0.6) is 5.88 Å². The molecule has 0 aliphatic heterocycles. The number of benzene rings is 2. The highest BCUT2D eigenvalue weighted by Crippen LogP contribution is 2.34. The Morgan fingerprint density at radius 2 is 1.88 bits per heavy atom. The van der Waals surface area contributed by atoms with Gasteiger partial charge in [-0.3, -0.25) is 14.6 Å². The summed E-state index contributed by atoms with van der Waals surface area (Å²) >= 11 is 12.4. The van der Waals surface area contributed by atoms with E-state index in [2.05, 4.69) is 10.3 Å². The number of hydrogen-bond acceptors (Lipinski definition) is 6. The van der Waals surface area contributed by atoms with Crippen LogP contribution in [0.15, 0.2) is 73.1 Å². The maximum absolute atomic E-state index is 12.6. The number of rotatable bonds is 13. The van der Waals surface area contributed by atoms with Crippen LogP contribution in [0.25, 0.3) is 16.9 Å². The molecule has 0 aliphatic rings. The molecular weight excluding hydrogens is 553 g/mol. The predicted octanol–water partition coefficient (Wildman–Crippen LogP) is 4.15. The standard InChI is InChI=1S/C29H29Cl2N5O4/c30-23-11-10-21(17-24(23)31)36-29(22(12-14-37)27(35-36)20-8-4-13-33-18-20)40-15-5-9-26(38)34-25(28(32)39)16-19-6-2-1-3-7-19/h1-4,6-8,10-11,13,17-18,25,37H,5,9,12,14-16H2,(H2,32,39)(H,34,38)/t25-/m0/s1. The second kappa shape index (κ2) is 13.9. The monoisotopic (exact) mass is 581 g/mol. The Hall–Kier alpha value is -3.92. The fraction of sp³-hybridized carbons (Fsp3) is 0.241. The van der Waals surface area contributed by atoms with E-state index in [4.69, 9.17) is 38.8 Å². The first-order valence-corrected chi connectivity index (χ1v) is 13.5. The van der Waals surface area contributed by atoms with Crippen molar-refractivity contribution in [2.24, 2.45) is 5.73 Å². The third-order valence-corrected chi connectivity index (χ3v) is 6.87. The smallest absolute Gasteiger partial charge is 0.240 e. The number of carbonyl (C=O) groups excluding carboxylic acids is 2. The Kier molecular flexibility index (Phi) is 10.1. The normalized spacial score (nSPS) is 11.7. The number of aliphatic hydroxyl groups excluding tert-OH is 1. The zero-order valence-electron chi connectivity index (χ0n) is 21.6. The summed E-state index contributed by atoms with van der Waals surface area (Å²) in [5.74, 6) is -0.505. The molecule has 4 N–H and O–H groups in total. The first kappa shape index (κ1) is 29.1. The molecular formula is C29H29Cl2N5O4. The lowest BCUT2D eigenvalue weighted by Gasteiger charge is -2.16. The van der Waals surface area contributed by atoms with Crippen LogP contribution in [-0.4, -0.2) is 50.9 Å². The molecule has 4 aromatic rings. The molecule has 2 aromatic heterocycles. The predicted molar refractivity (Wildman–Crippen MR) is 154 cm³/mol. The summed E-state index contributed by atoms with van der Waals surface area (Å²) in [7, 11) is 0. The summed E-state index contributed by atoms with van der Waals surface area (Å²) in [6, 6.07) is 17.3. The van der Waals surface area contributed by atoms with Crippen molar-refractivity contribution in [3.63, 3.8) is 0 Å². The number of ether oxygens (including phenoxy) is 1. The van der Waals surface area contributed by atoms with Crippen LogP contribution in [0.4, 0.5) is 0 Å². The minimum Gasteiger partial charge on any atom is -0.477 e. The molecule has 0 bridgehead atoms. The second-order valence-electron chi connectivity index (χ2n) is 9.02. The minimum atomic E-state index is -0.815. The molecule has 9 nitrogen and oxygen atoms in total. The van der Waals surface area contributed by atoms with E-state index in [1.54, 1.807) is 41.3 Å². The number of pyridine rings is 1. The largest absolute Gasteiger partial charge is 0.477 e. The van der Waals surface area contributed by atoms with Gasteiger partial charge in [0.1, 0.15) is 11.7 Å². The number of primary amides is 1. The van der Waals surface area contributed by atoms with Gasteiger partial charge in [0, 0.05) is 49.4 Å². The Labute approximate surface area is 241 Å². The van der Waals surface area contributed by atoms with Crippen molar-refractivity contribution < 1.29 is 19.4 Å². The van der Waals surface area contributed by atoms with Gasteiger partial charge in [-0.25, -0.2) is 4.68 Å². The summed E-state index contributed by atoms with van der Waals surface area (Å²) in [5.41, 5.74) is 9.07. The lowest BCUT2D eigenvalue weighted by atomic mass is 10.1. The van der Waals surface area contributed by atoms with Crippen molar-refractivity contribution >= 4 is 35.0 Å². The second-order valence-corrected chi connectivity index (χ2v) is 9.84. The van der Waals surface area contributed by atoms with Crippen molar-refractivity contribution in [3.05, 3.63) is 94.2 Å². The molecule has 0 saturated heterocycles. The molecule has 0 spiro atoms. The zero-order valence-corrected chi connectivity index (χ0v) is 23.1. The van der Waals surface area contributed by atoms with Crippen LogP contribution in [0.2, 0.25) is 10.0 Å². The van der Waals surface area contributed by atoms with Gasteiger partial charge in [0.2, 0.25) is 17.7 Å². The van der Waals surface area contributed by atoms with E-state index in [1.165, 1.54) is 0 Å². The van der Waals surface area contributed by atoms with Gasteiger partial charge in [0.05, 0.1) is 22.3 Å². The van der Waals surface area contributed by atoms with E-state index in [1.807, 2.05) is 36.4 Å². The van der Waals surface area contributed by atoms with Gasteiger partial charge in [0.25, 0.3) is 0 Å². The topological polar surface area (TPSA) is 132 Å². The third-order valence-electron chi connectivity index (χ3n) is 6.13. The average Bonchev–Trinajstić information content (AvgIpc) is 3.31. The number of amides is 2. The molecule has 0 saturated carbocycles. The van der Waals surface area contributed by atoms with Crippen LogP contribution in [-0.2, 0) is 22.4 Å². The van der Waals surface area contributed by atoms with Crippen molar-refractivity contribution in [2.75, 3.05) is 13.2 Å². The highest BCUT2D eigenvalue weighted by molar-refractivity contribution is 6.42. The van der Waals surface area contributed by atoms with Crippen LogP contribution in [0, 0.1) is 0 Å². The molecule has 1 atom stereocenters. The van der Waals surface area contributed by atoms with Crippen molar-refractivity contribution in [1.82, 2.24) is 20.1 Å². The van der Waals surface area contributed by atoms with Crippen molar-refractivity contribution in [3.8, 4) is 22.8 Å². The summed E-state index contributed by atoms with van der Waals surface area (Å²) in [6.07, 6.45) is 4.40. The van der Waals surface area contributed by atoms with Crippen LogP contribution in [0.3, 0.4) is 0 Å². The quantitative estimate of drug-likeness (QED) is 0.203. The number of hydrogen-bond donors (Lipinski definition) is 3. The Balaban J connectivity index is 1.49. The summed E-state index contributed by atoms with van der Waals surface area (Å²) in [4.78, 5) is 28.7. The lowest BCUT2D eigenvalue weighted by molar-refractivity contribution is -0.127. The van der Waals surface area contributed by atoms with Gasteiger partial charge in [0.15, 0.2) is 0 Å². The van der Waals surface area contributed by atoms with Gasteiger partial charge in [-0.05, 0) is 42.3 Å². The molecule has 0 radical (unpaired) electrons. The lowest BCUT2D eigenvalue weighted by Crippen LogP contribution is -2.45. The van der Waals surface area contributed by atoms with E-state index < -0.39 is 11.9 Å². The number of halogens is 2. The Bertz CT molecular complexity index is 1450. The Morgan fingerprint density at radius 3 is 2.55 bits per heavy atom. The van der Waals surface area contributed by atoms with Gasteiger partial charge in [-0.15, -0.1) is 0 Å². The summed E-state index contributed by atoms with van der Waals surface area (Å²) in [6.45, 7) is 0.0419. The Morgan fingerprint density at radius 1 is 1.07 bits per heavy atom. The average molecular weight is 582 g/mol. The number of nitrogens with one attached hydrogen (secondary N) is 1. The molecule has 208 valence electrons. The van der Waals surface area contributed by atoms with E-state index >= 15 is 0 Å². The first-order valence-electron chi connectivity index (χ1n) is 12.7. The van der Waals surface area contributed by atoms with Crippen LogP contribution < -0.4 is 15.8 Å². The minimum absolute atomic E-state index is 0.115. The molecule has 11 heteroatoms. The molecule has 0 unspecified atom stereocenters. The van der Waals surface area contributed by atoms with Gasteiger partial charge in [-0.1, -0.05) is 53.5 Å². The molecule has 4 rings (SSSR count). The van der Waals surface area contributed by atoms with E-state index in [0.29, 0.717) is 45.7 Å². The van der Waals surface area contributed by atoms with Gasteiger partial charge >= 0.3 is 0 Å². The number of aromatic nitrogens is 3. The fourth-order valence-electron chi connectivity index (χ4n) is 4.19. The maximum atomic E-state index is 12.6. The SMILES string of the molecule is NC(=O)[C@H](Cc1ccccc1)NC(=O)CCCOc1c(CCO)c(-c2cccnc2)nn1-c1ccc(Cl)c(Cl)c1. The molecule has 0 fully saturated rings. The summed E-state index contributed by atoms with van der Waals surface area (Å²) < 4.78 is 7.76. The van der Waals surface area contributed by atoms with Crippen molar-refractivity contribution in [2.45, 2.75) is 31.7 Å². The van der Waals surface area contributed by atoms with Gasteiger partial charge in [-0.2, -0.15) is 5.10 Å². The highest BCUT2D eigenvalue weighted by Gasteiger charge is 2.23. The van der Waals surface area contributed by atoms with Crippen molar-refractivity contribution in [1.29, 1.82) is 0 Å². The number of nitrogens with zero attached hydrogens (tertiary/aromatic N) is 3.